The SMILES string of the molecule is CCOc1ccc(NC(=S)Nc2ccc(CN3CCCCC3)cc2)cc1. The van der Waals surface area contributed by atoms with Crippen molar-refractivity contribution < 1.29 is 4.74 Å². The van der Waals surface area contributed by atoms with E-state index in [1.54, 1.807) is 0 Å². The highest BCUT2D eigenvalue weighted by Gasteiger charge is 2.10. The number of ether oxygens (including phenoxy) is 1. The maximum atomic E-state index is 5.45. The first-order chi connectivity index (χ1) is 12.7. The molecule has 1 saturated heterocycles. The Kier molecular flexibility index (Phi) is 6.86. The van der Waals surface area contributed by atoms with Gasteiger partial charge in [0.2, 0.25) is 0 Å². The predicted molar refractivity (Wildman–Crippen MR) is 113 cm³/mol. The normalized spacial score (nSPS) is 14.7. The lowest BCUT2D eigenvalue weighted by Gasteiger charge is -2.26. The van der Waals surface area contributed by atoms with Crippen LogP contribution in [0.2, 0.25) is 0 Å². The van der Waals surface area contributed by atoms with E-state index >= 15 is 0 Å². The van der Waals surface area contributed by atoms with Crippen LogP contribution in [-0.2, 0) is 6.54 Å². The van der Waals surface area contributed by atoms with Crippen LogP contribution in [0.5, 0.6) is 5.75 Å². The number of thiocarbonyl (C=S) groups is 1. The molecule has 0 saturated carbocycles. The quantitative estimate of drug-likeness (QED) is 0.710. The molecule has 0 aliphatic carbocycles. The molecule has 2 aromatic rings. The fraction of sp³-hybridized carbons (Fsp3) is 0.381. The monoisotopic (exact) mass is 369 g/mol. The van der Waals surface area contributed by atoms with E-state index in [4.69, 9.17) is 17.0 Å². The molecule has 2 N–H and O–H groups in total. The number of nitrogens with zero attached hydrogens (tertiary/aromatic N) is 1. The molecule has 0 amide bonds. The molecular weight excluding hydrogens is 342 g/mol. The third kappa shape index (κ3) is 5.71. The van der Waals surface area contributed by atoms with E-state index in [-0.39, 0.29) is 0 Å². The summed E-state index contributed by atoms with van der Waals surface area (Å²) >= 11 is 5.40. The average Bonchev–Trinajstić information content (AvgIpc) is 2.66. The fourth-order valence-electron chi connectivity index (χ4n) is 3.16. The smallest absolute Gasteiger partial charge is 0.175 e. The largest absolute Gasteiger partial charge is 0.494 e. The number of rotatable bonds is 6. The molecular formula is C21H27N3OS. The first kappa shape index (κ1) is 18.7. The summed E-state index contributed by atoms with van der Waals surface area (Å²) in [5.41, 5.74) is 3.28. The Bertz CT molecular complexity index is 694. The second kappa shape index (κ2) is 9.55. The predicted octanol–water partition coefficient (Wildman–Crippen LogP) is 4.88. The molecule has 1 aliphatic heterocycles. The van der Waals surface area contributed by atoms with E-state index in [9.17, 15) is 0 Å². The van der Waals surface area contributed by atoms with Crippen LogP contribution in [0.3, 0.4) is 0 Å². The molecule has 0 radical (unpaired) electrons. The summed E-state index contributed by atoms with van der Waals surface area (Å²) in [6.45, 7) is 6.12. The molecule has 138 valence electrons. The maximum Gasteiger partial charge on any atom is 0.175 e. The number of nitrogens with one attached hydrogen (secondary N) is 2. The minimum Gasteiger partial charge on any atom is -0.494 e. The van der Waals surface area contributed by atoms with Crippen molar-refractivity contribution in [1.82, 2.24) is 4.90 Å². The van der Waals surface area contributed by atoms with Gasteiger partial charge in [-0.05, 0) is 87.0 Å². The minimum absolute atomic E-state index is 0.581. The molecule has 0 unspecified atom stereocenters. The second-order valence-corrected chi connectivity index (χ2v) is 6.98. The standard InChI is InChI=1S/C21H27N3OS/c1-2-25-20-12-10-19(11-13-20)23-21(26)22-18-8-6-17(7-9-18)16-24-14-4-3-5-15-24/h6-13H,2-5,14-16H2,1H3,(H2,22,23,26). The Morgan fingerprint density at radius 2 is 1.50 bits per heavy atom. The van der Waals surface area contributed by atoms with Gasteiger partial charge in [0.05, 0.1) is 6.61 Å². The number of hydrogen-bond acceptors (Lipinski definition) is 3. The van der Waals surface area contributed by atoms with Crippen molar-refractivity contribution in [2.75, 3.05) is 30.3 Å². The molecule has 1 heterocycles. The molecule has 1 fully saturated rings. The van der Waals surface area contributed by atoms with Gasteiger partial charge in [-0.15, -0.1) is 0 Å². The summed E-state index contributed by atoms with van der Waals surface area (Å²) in [6.07, 6.45) is 4.02. The molecule has 0 spiro atoms. The van der Waals surface area contributed by atoms with Crippen LogP contribution in [0.25, 0.3) is 0 Å². The van der Waals surface area contributed by atoms with Gasteiger partial charge in [-0.1, -0.05) is 18.6 Å². The lowest BCUT2D eigenvalue weighted by atomic mass is 10.1. The number of benzene rings is 2. The average molecular weight is 370 g/mol. The van der Waals surface area contributed by atoms with Crippen molar-refractivity contribution >= 4 is 28.7 Å². The summed E-state index contributed by atoms with van der Waals surface area (Å²) < 4.78 is 5.45. The zero-order valence-electron chi connectivity index (χ0n) is 15.3. The van der Waals surface area contributed by atoms with E-state index in [0.717, 1.165) is 23.7 Å². The Balaban J connectivity index is 1.49. The van der Waals surface area contributed by atoms with Crippen molar-refractivity contribution in [3.05, 3.63) is 54.1 Å². The number of piperidine rings is 1. The summed E-state index contributed by atoms with van der Waals surface area (Å²) in [7, 11) is 0. The van der Waals surface area contributed by atoms with Gasteiger partial charge < -0.3 is 15.4 Å². The number of hydrogen-bond donors (Lipinski definition) is 2. The van der Waals surface area contributed by atoms with Gasteiger partial charge in [0, 0.05) is 17.9 Å². The van der Waals surface area contributed by atoms with Crippen molar-refractivity contribution in [2.24, 2.45) is 0 Å². The fourth-order valence-corrected chi connectivity index (χ4v) is 3.40. The van der Waals surface area contributed by atoms with Gasteiger partial charge in [0.1, 0.15) is 5.75 Å². The molecule has 0 atom stereocenters. The van der Waals surface area contributed by atoms with E-state index in [1.807, 2.05) is 31.2 Å². The van der Waals surface area contributed by atoms with Gasteiger partial charge in [0.15, 0.2) is 5.11 Å². The molecule has 1 aliphatic rings. The molecule has 3 rings (SSSR count). The van der Waals surface area contributed by atoms with Crippen LogP contribution >= 0.6 is 12.2 Å². The Morgan fingerprint density at radius 3 is 2.08 bits per heavy atom. The van der Waals surface area contributed by atoms with E-state index in [0.29, 0.717) is 11.7 Å². The van der Waals surface area contributed by atoms with Crippen LogP contribution in [0.1, 0.15) is 31.7 Å². The van der Waals surface area contributed by atoms with Gasteiger partial charge in [-0.2, -0.15) is 0 Å². The molecule has 2 aromatic carbocycles. The summed E-state index contributed by atoms with van der Waals surface area (Å²) in [5, 5.41) is 7.01. The summed E-state index contributed by atoms with van der Waals surface area (Å²) in [4.78, 5) is 2.53. The first-order valence-corrected chi connectivity index (χ1v) is 9.76. The Morgan fingerprint density at radius 1 is 0.923 bits per heavy atom. The first-order valence-electron chi connectivity index (χ1n) is 9.35. The van der Waals surface area contributed by atoms with E-state index in [2.05, 4.69) is 39.8 Å². The third-order valence-corrected chi connectivity index (χ3v) is 4.69. The Hall–Kier alpha value is -2.11. The Labute approximate surface area is 161 Å². The minimum atomic E-state index is 0.581. The second-order valence-electron chi connectivity index (χ2n) is 6.57. The van der Waals surface area contributed by atoms with Crippen molar-refractivity contribution in [2.45, 2.75) is 32.7 Å². The van der Waals surface area contributed by atoms with Crippen molar-refractivity contribution in [1.29, 1.82) is 0 Å². The zero-order chi connectivity index (χ0) is 18.2. The molecule has 26 heavy (non-hydrogen) atoms. The van der Waals surface area contributed by atoms with Crippen LogP contribution in [0, 0.1) is 0 Å². The van der Waals surface area contributed by atoms with Crippen LogP contribution < -0.4 is 15.4 Å². The molecule has 4 nitrogen and oxygen atoms in total. The van der Waals surface area contributed by atoms with Gasteiger partial charge in [0.25, 0.3) is 0 Å². The van der Waals surface area contributed by atoms with Gasteiger partial charge in [-0.3, -0.25) is 4.90 Å². The van der Waals surface area contributed by atoms with E-state index in [1.165, 1.54) is 37.9 Å². The topological polar surface area (TPSA) is 36.5 Å². The summed E-state index contributed by atoms with van der Waals surface area (Å²) in [5.74, 6) is 0.862. The van der Waals surface area contributed by atoms with Gasteiger partial charge >= 0.3 is 0 Å². The molecule has 5 heteroatoms. The zero-order valence-corrected chi connectivity index (χ0v) is 16.1. The lowest BCUT2D eigenvalue weighted by Crippen LogP contribution is -2.29. The third-order valence-electron chi connectivity index (χ3n) is 4.49. The highest BCUT2D eigenvalue weighted by Crippen LogP contribution is 2.17. The van der Waals surface area contributed by atoms with E-state index < -0.39 is 0 Å². The van der Waals surface area contributed by atoms with Crippen molar-refractivity contribution in [3.63, 3.8) is 0 Å². The van der Waals surface area contributed by atoms with Crippen LogP contribution in [-0.4, -0.2) is 29.7 Å². The number of likely N-dealkylation sites (tertiary alicyclic amines) is 1. The van der Waals surface area contributed by atoms with Crippen molar-refractivity contribution in [3.8, 4) is 5.75 Å². The van der Waals surface area contributed by atoms with Crippen LogP contribution in [0.4, 0.5) is 11.4 Å². The maximum absolute atomic E-state index is 5.45. The van der Waals surface area contributed by atoms with Gasteiger partial charge in [-0.25, -0.2) is 0 Å². The van der Waals surface area contributed by atoms with Crippen LogP contribution in [0.15, 0.2) is 48.5 Å². The lowest BCUT2D eigenvalue weighted by molar-refractivity contribution is 0.221. The molecule has 0 aromatic heterocycles. The molecule has 0 bridgehead atoms. The number of anilines is 2. The summed E-state index contributed by atoms with van der Waals surface area (Å²) in [6, 6.07) is 16.3. The highest BCUT2D eigenvalue weighted by molar-refractivity contribution is 7.80. The highest BCUT2D eigenvalue weighted by atomic mass is 32.1.